The van der Waals surface area contributed by atoms with E-state index in [9.17, 15) is 0 Å². The number of aromatic hydroxyl groups is 2. The molecule has 0 fully saturated rings. The number of phenolic OH excluding ortho intramolecular Hbond substituents is 2. The predicted octanol–water partition coefficient (Wildman–Crippen LogP) is -2.59. The fourth-order valence-electron chi connectivity index (χ4n) is 1.26. The van der Waals surface area contributed by atoms with Crippen LogP contribution in [-0.4, -0.2) is 10.2 Å². The third-order valence-corrected chi connectivity index (χ3v) is 2.00. The molecule has 19 heavy (non-hydrogen) atoms. The first-order chi connectivity index (χ1) is 7.58. The second-order valence-corrected chi connectivity index (χ2v) is 3.68. The van der Waals surface area contributed by atoms with Crippen LogP contribution >= 0.6 is 0 Å². The van der Waals surface area contributed by atoms with Crippen LogP contribution in [0.5, 0.6) is 11.5 Å². The molecule has 0 aromatic heterocycles. The number of hydrogen-bond donors (Lipinski definition) is 2. The summed E-state index contributed by atoms with van der Waals surface area (Å²) in [5.41, 5.74) is 2.18. The van der Waals surface area contributed by atoms with Crippen molar-refractivity contribution >= 4 is 0 Å². The van der Waals surface area contributed by atoms with Gasteiger partial charge in [-0.05, 0) is 49.2 Å². The van der Waals surface area contributed by atoms with Gasteiger partial charge in [-0.2, -0.15) is 0 Å². The second kappa shape index (κ2) is 12.5. The summed E-state index contributed by atoms with van der Waals surface area (Å²) in [6, 6.07) is 14.3. The predicted molar refractivity (Wildman–Crippen MR) is 65.7 cm³/mol. The number of rotatable bonds is 0. The molecular weight excluding hydrogens is 362 g/mol. The third-order valence-electron chi connectivity index (χ3n) is 2.00. The van der Waals surface area contributed by atoms with Gasteiger partial charge in [-0.1, -0.05) is 24.3 Å². The summed E-state index contributed by atoms with van der Waals surface area (Å²) in [4.78, 5) is 0. The Kier molecular flexibility index (Phi) is 15.6. The van der Waals surface area contributed by atoms with E-state index < -0.39 is 0 Å². The van der Waals surface area contributed by atoms with Gasteiger partial charge in [-0.25, -0.2) is 0 Å². The van der Waals surface area contributed by atoms with Gasteiger partial charge in [0.1, 0.15) is 11.5 Å². The normalized spacial score (nSPS) is 7.68. The smallest absolute Gasteiger partial charge is 1.00 e. The van der Waals surface area contributed by atoms with E-state index in [1.165, 1.54) is 0 Å². The van der Waals surface area contributed by atoms with E-state index in [1.807, 2.05) is 38.1 Å². The summed E-state index contributed by atoms with van der Waals surface area (Å²) in [5, 5.41) is 17.6. The van der Waals surface area contributed by atoms with Gasteiger partial charge in [0.05, 0.1) is 0 Å². The van der Waals surface area contributed by atoms with Crippen molar-refractivity contribution in [2.75, 3.05) is 0 Å². The van der Waals surface area contributed by atoms with Gasteiger partial charge in [-0.3, -0.25) is 0 Å². The first-order valence-electron chi connectivity index (χ1n) is 5.09. The van der Waals surface area contributed by atoms with Crippen LogP contribution in [0.1, 0.15) is 11.1 Å². The Morgan fingerprint density at radius 2 is 1.00 bits per heavy atom. The second-order valence-electron chi connectivity index (χ2n) is 3.68. The Bertz CT molecular complexity index is 387. The van der Waals surface area contributed by atoms with Gasteiger partial charge in [0, 0.05) is 0 Å². The van der Waals surface area contributed by atoms with Crippen molar-refractivity contribution in [3.8, 4) is 11.5 Å². The molecule has 0 bridgehead atoms. The molecule has 5 heteroatoms. The molecule has 0 saturated carbocycles. The Labute approximate surface area is 145 Å². The minimum absolute atomic E-state index is 0. The molecule has 2 N–H and O–H groups in total. The molecule has 0 atom stereocenters. The van der Waals surface area contributed by atoms with E-state index in [1.54, 1.807) is 24.3 Å². The molecule has 2 rings (SSSR count). The van der Waals surface area contributed by atoms with Gasteiger partial charge in [0.25, 0.3) is 0 Å². The minimum atomic E-state index is 0. The number of benzene rings is 2. The van der Waals surface area contributed by atoms with Crippen molar-refractivity contribution in [1.82, 2.24) is 0 Å². The molecule has 2 aromatic carbocycles. The maximum absolute atomic E-state index is 8.81. The maximum atomic E-state index is 8.81. The van der Waals surface area contributed by atoms with Crippen molar-refractivity contribution in [3.63, 3.8) is 0 Å². The van der Waals surface area contributed by atoms with Crippen molar-refractivity contribution < 1.29 is 61.2 Å². The zero-order valence-corrected chi connectivity index (χ0v) is 14.7. The van der Waals surface area contributed by atoms with E-state index in [0.29, 0.717) is 11.5 Å². The van der Waals surface area contributed by atoms with Crippen LogP contribution in [0.15, 0.2) is 48.5 Å². The van der Waals surface area contributed by atoms with E-state index in [-0.39, 0.29) is 51.0 Å². The molecule has 0 heterocycles. The number of phenols is 2. The number of aryl methyl sites for hydroxylation is 2. The van der Waals surface area contributed by atoms with Crippen LogP contribution in [0.4, 0.5) is 0 Å². The first kappa shape index (κ1) is 23.6. The van der Waals surface area contributed by atoms with E-state index in [2.05, 4.69) is 0 Å². The van der Waals surface area contributed by atoms with Crippen molar-refractivity contribution in [3.05, 3.63) is 59.7 Å². The monoisotopic (exact) mass is 376 g/mol. The summed E-state index contributed by atoms with van der Waals surface area (Å²) < 4.78 is 0. The van der Waals surface area contributed by atoms with Gasteiger partial charge in [0.15, 0.2) is 0 Å². The van der Waals surface area contributed by atoms with Crippen LogP contribution in [0.3, 0.4) is 0 Å². The minimum Gasteiger partial charge on any atom is -1.00 e. The van der Waals surface area contributed by atoms with Crippen molar-refractivity contribution in [2.45, 2.75) is 13.8 Å². The Balaban J connectivity index is -0.000000233. The van der Waals surface area contributed by atoms with Crippen molar-refractivity contribution in [1.29, 1.82) is 0 Å². The topological polar surface area (TPSA) is 40.5 Å². The fraction of sp³-hybridized carbons (Fsp3) is 0.143. The zero-order chi connectivity index (χ0) is 12.0. The molecule has 0 amide bonds. The molecule has 0 unspecified atom stereocenters. The average Bonchev–Trinajstić information content (AvgIpc) is 2.17. The van der Waals surface area contributed by atoms with Gasteiger partial charge in [0.2, 0.25) is 0 Å². The van der Waals surface area contributed by atoms with E-state index in [0.717, 1.165) is 11.1 Å². The Hall–Kier alpha value is -0.497. The SMILES string of the molecule is Cc1cccc(O)c1.Cc1cccc(O)c1.[Cl-].[Cl-].[Zr+2]. The molecular formula is C14H16Cl2O2Zr. The molecule has 2 aromatic rings. The van der Waals surface area contributed by atoms with Crippen LogP contribution in [0, 0.1) is 13.8 Å². The quantitative estimate of drug-likeness (QED) is 0.528. The molecule has 0 radical (unpaired) electrons. The Morgan fingerprint density at radius 1 is 0.684 bits per heavy atom. The summed E-state index contributed by atoms with van der Waals surface area (Å²) in [5.74, 6) is 0.676. The summed E-state index contributed by atoms with van der Waals surface area (Å²) in [6.45, 7) is 3.89. The van der Waals surface area contributed by atoms with E-state index in [4.69, 9.17) is 10.2 Å². The molecule has 0 saturated heterocycles. The van der Waals surface area contributed by atoms with Crippen LogP contribution in [-0.2, 0) is 26.2 Å². The molecule has 102 valence electrons. The zero-order valence-electron chi connectivity index (χ0n) is 10.8. The van der Waals surface area contributed by atoms with E-state index >= 15 is 0 Å². The summed E-state index contributed by atoms with van der Waals surface area (Å²) >= 11 is 0. The molecule has 2 nitrogen and oxygen atoms in total. The third kappa shape index (κ3) is 11.1. The fourth-order valence-corrected chi connectivity index (χ4v) is 1.26. The Morgan fingerprint density at radius 3 is 1.16 bits per heavy atom. The van der Waals surface area contributed by atoms with Crippen LogP contribution in [0.25, 0.3) is 0 Å². The maximum Gasteiger partial charge on any atom is 2.00 e. The summed E-state index contributed by atoms with van der Waals surface area (Å²) in [6.07, 6.45) is 0. The molecule has 0 aliphatic carbocycles. The average molecular weight is 378 g/mol. The van der Waals surface area contributed by atoms with Gasteiger partial charge >= 0.3 is 26.2 Å². The molecule has 0 spiro atoms. The van der Waals surface area contributed by atoms with Crippen LogP contribution in [0.2, 0.25) is 0 Å². The number of hydrogen-bond acceptors (Lipinski definition) is 2. The molecule has 0 aliphatic rings. The van der Waals surface area contributed by atoms with Gasteiger partial charge < -0.3 is 35.0 Å². The largest absolute Gasteiger partial charge is 2.00 e. The van der Waals surface area contributed by atoms with Crippen LogP contribution < -0.4 is 24.8 Å². The van der Waals surface area contributed by atoms with Gasteiger partial charge in [-0.15, -0.1) is 0 Å². The standard InChI is InChI=1S/2C7H8O.2ClH.Zr/c2*1-6-3-2-4-7(8)5-6;;;/h2*2-5,8H,1H3;2*1H;/q;;;;+2/p-2. The molecule has 0 aliphatic heterocycles. The number of halogens is 2. The van der Waals surface area contributed by atoms with Crippen molar-refractivity contribution in [2.24, 2.45) is 0 Å². The summed E-state index contributed by atoms with van der Waals surface area (Å²) in [7, 11) is 0. The first-order valence-corrected chi connectivity index (χ1v) is 5.09.